The predicted molar refractivity (Wildman–Crippen MR) is 93.5 cm³/mol. The van der Waals surface area contributed by atoms with Crippen LogP contribution >= 0.6 is 0 Å². The van der Waals surface area contributed by atoms with Crippen LogP contribution in [-0.4, -0.2) is 31.6 Å². The van der Waals surface area contributed by atoms with Crippen molar-refractivity contribution in [3.63, 3.8) is 0 Å². The van der Waals surface area contributed by atoms with Gasteiger partial charge in [0.15, 0.2) is 0 Å². The minimum absolute atomic E-state index is 0.166. The van der Waals surface area contributed by atoms with Crippen LogP contribution in [0.25, 0.3) is 0 Å². The fourth-order valence-electron chi connectivity index (χ4n) is 3.07. The lowest BCUT2D eigenvalue weighted by Gasteiger charge is -2.21. The molecular formula is C18H29N3O. The maximum absolute atomic E-state index is 11.9. The van der Waals surface area contributed by atoms with Crippen molar-refractivity contribution in [3.8, 4) is 0 Å². The van der Waals surface area contributed by atoms with Crippen molar-refractivity contribution < 1.29 is 4.79 Å². The zero-order valence-electron chi connectivity index (χ0n) is 13.9. The number of hydrogen-bond donors (Lipinski definition) is 2. The summed E-state index contributed by atoms with van der Waals surface area (Å²) in [6.07, 6.45) is 5.33. The minimum atomic E-state index is 0.166. The zero-order chi connectivity index (χ0) is 15.8. The Hall–Kier alpha value is -1.71. The van der Waals surface area contributed by atoms with Gasteiger partial charge in [-0.2, -0.15) is 0 Å². The highest BCUT2D eigenvalue weighted by Gasteiger charge is 2.16. The van der Waals surface area contributed by atoms with Crippen LogP contribution in [0.15, 0.2) is 24.3 Å². The van der Waals surface area contributed by atoms with Crippen molar-refractivity contribution >= 4 is 17.3 Å². The third-order valence-corrected chi connectivity index (χ3v) is 4.40. The first-order valence-corrected chi connectivity index (χ1v) is 8.61. The van der Waals surface area contributed by atoms with Crippen molar-refractivity contribution in [2.24, 2.45) is 0 Å². The molecule has 0 unspecified atom stereocenters. The number of rotatable bonds is 8. The molecule has 1 amide bonds. The third kappa shape index (κ3) is 4.93. The van der Waals surface area contributed by atoms with E-state index in [1.54, 1.807) is 0 Å². The van der Waals surface area contributed by atoms with Crippen LogP contribution in [0.5, 0.6) is 0 Å². The SMILES string of the molecule is CCN(CC)c1ccc(NCCC(=O)NC2CCCC2)cc1. The monoisotopic (exact) mass is 303 g/mol. The highest BCUT2D eigenvalue weighted by molar-refractivity contribution is 5.76. The summed E-state index contributed by atoms with van der Waals surface area (Å²) in [5.41, 5.74) is 2.32. The van der Waals surface area contributed by atoms with E-state index in [9.17, 15) is 4.79 Å². The van der Waals surface area contributed by atoms with Crippen LogP contribution in [0.2, 0.25) is 0 Å². The Bertz CT molecular complexity index is 448. The van der Waals surface area contributed by atoms with Gasteiger partial charge in [0.25, 0.3) is 0 Å². The van der Waals surface area contributed by atoms with Gasteiger partial charge in [0, 0.05) is 43.5 Å². The second-order valence-corrected chi connectivity index (χ2v) is 5.94. The molecular weight excluding hydrogens is 274 g/mol. The van der Waals surface area contributed by atoms with Crippen LogP contribution in [-0.2, 0) is 4.79 Å². The number of anilines is 2. The van der Waals surface area contributed by atoms with E-state index in [-0.39, 0.29) is 5.91 Å². The number of carbonyl (C=O) groups is 1. The van der Waals surface area contributed by atoms with Crippen LogP contribution in [0, 0.1) is 0 Å². The molecule has 1 fully saturated rings. The van der Waals surface area contributed by atoms with E-state index in [2.05, 4.69) is 53.6 Å². The molecule has 2 rings (SSSR count). The zero-order valence-corrected chi connectivity index (χ0v) is 13.9. The molecule has 0 aliphatic heterocycles. The van der Waals surface area contributed by atoms with Gasteiger partial charge in [-0.15, -0.1) is 0 Å². The lowest BCUT2D eigenvalue weighted by atomic mass is 10.2. The predicted octanol–water partition coefficient (Wildman–Crippen LogP) is 3.39. The molecule has 0 aromatic heterocycles. The maximum atomic E-state index is 11.9. The topological polar surface area (TPSA) is 44.4 Å². The van der Waals surface area contributed by atoms with E-state index >= 15 is 0 Å². The lowest BCUT2D eigenvalue weighted by molar-refractivity contribution is -0.121. The molecule has 4 nitrogen and oxygen atoms in total. The smallest absolute Gasteiger partial charge is 0.221 e. The van der Waals surface area contributed by atoms with Gasteiger partial charge < -0.3 is 15.5 Å². The van der Waals surface area contributed by atoms with Gasteiger partial charge in [-0.25, -0.2) is 0 Å². The number of amides is 1. The normalized spacial score (nSPS) is 14.8. The summed E-state index contributed by atoms with van der Waals surface area (Å²) < 4.78 is 0. The molecule has 0 atom stereocenters. The van der Waals surface area contributed by atoms with E-state index in [1.807, 2.05) is 0 Å². The number of nitrogens with zero attached hydrogens (tertiary/aromatic N) is 1. The van der Waals surface area contributed by atoms with Crippen molar-refractivity contribution in [3.05, 3.63) is 24.3 Å². The highest BCUT2D eigenvalue weighted by Crippen LogP contribution is 2.18. The van der Waals surface area contributed by atoms with Crippen LogP contribution in [0.1, 0.15) is 46.0 Å². The van der Waals surface area contributed by atoms with Gasteiger partial charge in [-0.05, 0) is 51.0 Å². The Kier molecular flexibility index (Phi) is 6.56. The van der Waals surface area contributed by atoms with Crippen molar-refractivity contribution in [2.75, 3.05) is 29.9 Å². The average Bonchev–Trinajstić information content (AvgIpc) is 3.03. The minimum Gasteiger partial charge on any atom is -0.385 e. The van der Waals surface area contributed by atoms with E-state index in [0.717, 1.165) is 31.6 Å². The molecule has 1 saturated carbocycles. The van der Waals surface area contributed by atoms with E-state index in [0.29, 0.717) is 19.0 Å². The largest absolute Gasteiger partial charge is 0.385 e. The lowest BCUT2D eigenvalue weighted by Crippen LogP contribution is -2.33. The number of benzene rings is 1. The summed E-state index contributed by atoms with van der Waals surface area (Å²) in [5, 5.41) is 6.44. The Morgan fingerprint density at radius 2 is 1.77 bits per heavy atom. The molecule has 22 heavy (non-hydrogen) atoms. The molecule has 0 spiro atoms. The van der Waals surface area contributed by atoms with Crippen LogP contribution in [0.3, 0.4) is 0 Å². The first kappa shape index (κ1) is 16.7. The summed E-state index contributed by atoms with van der Waals surface area (Å²) in [6, 6.07) is 8.85. The Labute approximate surface area is 134 Å². The fourth-order valence-corrected chi connectivity index (χ4v) is 3.07. The summed E-state index contributed by atoms with van der Waals surface area (Å²) >= 11 is 0. The van der Waals surface area contributed by atoms with Crippen LogP contribution in [0.4, 0.5) is 11.4 Å². The Balaban J connectivity index is 1.71. The maximum Gasteiger partial charge on any atom is 0.221 e. The number of nitrogens with one attached hydrogen (secondary N) is 2. The van der Waals surface area contributed by atoms with Gasteiger partial charge in [-0.3, -0.25) is 4.79 Å². The second-order valence-electron chi connectivity index (χ2n) is 5.94. The molecule has 1 aliphatic rings. The van der Waals surface area contributed by atoms with Crippen molar-refractivity contribution in [2.45, 2.75) is 52.0 Å². The van der Waals surface area contributed by atoms with Gasteiger partial charge in [0.05, 0.1) is 0 Å². The van der Waals surface area contributed by atoms with Gasteiger partial charge in [-0.1, -0.05) is 12.8 Å². The first-order valence-electron chi connectivity index (χ1n) is 8.61. The first-order chi connectivity index (χ1) is 10.7. The van der Waals surface area contributed by atoms with Gasteiger partial charge in [0.2, 0.25) is 5.91 Å². The quantitative estimate of drug-likeness (QED) is 0.773. The highest BCUT2D eigenvalue weighted by atomic mass is 16.1. The molecule has 2 N–H and O–H groups in total. The van der Waals surface area contributed by atoms with Crippen molar-refractivity contribution in [1.82, 2.24) is 5.32 Å². The van der Waals surface area contributed by atoms with Gasteiger partial charge in [0.1, 0.15) is 0 Å². The van der Waals surface area contributed by atoms with Crippen LogP contribution < -0.4 is 15.5 Å². The summed E-state index contributed by atoms with van der Waals surface area (Å²) in [6.45, 7) is 7.05. The van der Waals surface area contributed by atoms with E-state index in [4.69, 9.17) is 0 Å². The Morgan fingerprint density at radius 1 is 1.14 bits per heavy atom. The molecule has 1 aromatic carbocycles. The summed E-state index contributed by atoms with van der Waals surface area (Å²) in [7, 11) is 0. The molecule has 0 radical (unpaired) electrons. The van der Waals surface area contributed by atoms with E-state index < -0.39 is 0 Å². The average molecular weight is 303 g/mol. The standard InChI is InChI=1S/C18H29N3O/c1-3-21(4-2)17-11-9-15(10-12-17)19-14-13-18(22)20-16-7-5-6-8-16/h9-12,16,19H,3-8,13-14H2,1-2H3,(H,20,22). The molecule has 1 aromatic rings. The Morgan fingerprint density at radius 3 is 2.36 bits per heavy atom. The second kappa shape index (κ2) is 8.66. The van der Waals surface area contributed by atoms with Crippen molar-refractivity contribution in [1.29, 1.82) is 0 Å². The molecule has 4 heteroatoms. The summed E-state index contributed by atoms with van der Waals surface area (Å²) in [4.78, 5) is 14.2. The third-order valence-electron chi connectivity index (χ3n) is 4.40. The summed E-state index contributed by atoms with van der Waals surface area (Å²) in [5.74, 6) is 0.166. The number of carbonyl (C=O) groups excluding carboxylic acids is 1. The number of hydrogen-bond acceptors (Lipinski definition) is 3. The molecule has 122 valence electrons. The fraction of sp³-hybridized carbons (Fsp3) is 0.611. The van der Waals surface area contributed by atoms with Gasteiger partial charge >= 0.3 is 0 Å². The molecule has 0 saturated heterocycles. The molecule has 1 aliphatic carbocycles. The molecule has 0 bridgehead atoms. The van der Waals surface area contributed by atoms with E-state index in [1.165, 1.54) is 18.5 Å². The molecule has 0 heterocycles.